The highest BCUT2D eigenvalue weighted by atomic mass is 16.4. The maximum atomic E-state index is 12.1. The molecule has 19 heavy (non-hydrogen) atoms. The Balaban J connectivity index is 2.48. The highest BCUT2D eigenvalue weighted by Crippen LogP contribution is 2.23. The number of pyridine rings is 1. The fraction of sp³-hybridized carbons (Fsp3) is 0.571. The van der Waals surface area contributed by atoms with E-state index in [1.54, 1.807) is 10.6 Å². The van der Waals surface area contributed by atoms with Crippen LogP contribution in [-0.2, 0) is 24.2 Å². The van der Waals surface area contributed by atoms with E-state index in [4.69, 9.17) is 5.11 Å². The molecule has 0 aromatic carbocycles. The fourth-order valence-electron chi connectivity index (χ4n) is 2.59. The second kappa shape index (κ2) is 5.91. The molecule has 1 aromatic rings. The molecular formula is C14H20N2O3. The lowest BCUT2D eigenvalue weighted by atomic mass is 10.0. The number of aliphatic carboxylic acids is 1. The van der Waals surface area contributed by atoms with Gasteiger partial charge in [-0.2, -0.15) is 0 Å². The maximum Gasteiger partial charge on any atom is 0.303 e. The van der Waals surface area contributed by atoms with E-state index in [1.165, 1.54) is 0 Å². The average molecular weight is 264 g/mol. The molecule has 104 valence electrons. The van der Waals surface area contributed by atoms with Gasteiger partial charge in [-0.15, -0.1) is 0 Å². The summed E-state index contributed by atoms with van der Waals surface area (Å²) < 4.78 is 1.75. The van der Waals surface area contributed by atoms with Crippen LogP contribution >= 0.6 is 0 Å². The molecule has 5 heteroatoms. The molecule has 0 radical (unpaired) electrons. The smallest absolute Gasteiger partial charge is 0.303 e. The van der Waals surface area contributed by atoms with Crippen LogP contribution in [-0.4, -0.2) is 22.2 Å². The van der Waals surface area contributed by atoms with E-state index in [2.05, 4.69) is 5.32 Å². The molecule has 0 saturated heterocycles. The molecule has 2 N–H and O–H groups in total. The standard InChI is InChI=1S/C14H20N2O3/c1-2-10-9-12(17)16-8-4-3-7-15-14(16)11(10)5-6-13(18)19/h9,15H,2-8H2,1H3,(H,18,19). The highest BCUT2D eigenvalue weighted by molar-refractivity contribution is 5.67. The average Bonchev–Trinajstić information content (AvgIpc) is 2.63. The first kappa shape index (κ1) is 13.6. The Labute approximate surface area is 112 Å². The number of nitrogens with zero attached hydrogens (tertiary/aromatic N) is 1. The minimum absolute atomic E-state index is 0.0142. The van der Waals surface area contributed by atoms with Gasteiger partial charge in [0.1, 0.15) is 5.82 Å². The van der Waals surface area contributed by atoms with Gasteiger partial charge in [0.15, 0.2) is 0 Å². The number of aromatic nitrogens is 1. The van der Waals surface area contributed by atoms with Crippen LogP contribution in [0.25, 0.3) is 0 Å². The topological polar surface area (TPSA) is 71.3 Å². The van der Waals surface area contributed by atoms with Crippen molar-refractivity contribution in [3.63, 3.8) is 0 Å². The predicted molar refractivity (Wildman–Crippen MR) is 73.8 cm³/mol. The number of aryl methyl sites for hydroxylation is 1. The van der Waals surface area contributed by atoms with Crippen molar-refractivity contribution in [3.8, 4) is 0 Å². The number of anilines is 1. The van der Waals surface area contributed by atoms with Gasteiger partial charge in [-0.3, -0.25) is 14.2 Å². The number of carbonyl (C=O) groups is 1. The summed E-state index contributed by atoms with van der Waals surface area (Å²) in [5.41, 5.74) is 1.97. The summed E-state index contributed by atoms with van der Waals surface area (Å²) in [6.07, 6.45) is 3.32. The molecule has 0 atom stereocenters. The largest absolute Gasteiger partial charge is 0.481 e. The number of nitrogens with one attached hydrogen (secondary N) is 1. The van der Waals surface area contributed by atoms with Crippen LogP contribution in [0.3, 0.4) is 0 Å². The second-order valence-electron chi connectivity index (χ2n) is 4.87. The van der Waals surface area contributed by atoms with Crippen molar-refractivity contribution < 1.29 is 9.90 Å². The summed E-state index contributed by atoms with van der Waals surface area (Å²) >= 11 is 0. The van der Waals surface area contributed by atoms with Crippen LogP contribution in [0.4, 0.5) is 5.82 Å². The molecule has 5 nitrogen and oxygen atoms in total. The van der Waals surface area contributed by atoms with Gasteiger partial charge in [0.05, 0.1) is 0 Å². The lowest BCUT2D eigenvalue weighted by molar-refractivity contribution is -0.136. The number of rotatable bonds is 4. The van der Waals surface area contributed by atoms with Gasteiger partial charge >= 0.3 is 5.97 Å². The van der Waals surface area contributed by atoms with Crippen molar-refractivity contribution in [1.29, 1.82) is 0 Å². The van der Waals surface area contributed by atoms with Crippen molar-refractivity contribution in [3.05, 3.63) is 27.5 Å². The molecule has 2 heterocycles. The first-order valence-corrected chi connectivity index (χ1v) is 6.84. The summed E-state index contributed by atoms with van der Waals surface area (Å²) in [6.45, 7) is 3.55. The van der Waals surface area contributed by atoms with Gasteiger partial charge in [0.25, 0.3) is 5.56 Å². The Morgan fingerprint density at radius 2 is 2.26 bits per heavy atom. The molecule has 1 aliphatic heterocycles. The van der Waals surface area contributed by atoms with Crippen LogP contribution in [0.1, 0.15) is 37.3 Å². The van der Waals surface area contributed by atoms with E-state index >= 15 is 0 Å². The number of carboxylic acid groups (broad SMARTS) is 1. The molecule has 2 rings (SSSR count). The normalized spacial score (nSPS) is 14.4. The van der Waals surface area contributed by atoms with Crippen molar-refractivity contribution in [2.45, 2.75) is 45.6 Å². The third kappa shape index (κ3) is 2.97. The molecule has 0 fully saturated rings. The van der Waals surface area contributed by atoms with Gasteiger partial charge in [-0.05, 0) is 36.8 Å². The van der Waals surface area contributed by atoms with Crippen molar-refractivity contribution >= 4 is 11.8 Å². The quantitative estimate of drug-likeness (QED) is 0.867. The lowest BCUT2D eigenvalue weighted by Crippen LogP contribution is -2.24. The molecule has 0 amide bonds. The van der Waals surface area contributed by atoms with Crippen molar-refractivity contribution in [2.75, 3.05) is 11.9 Å². The molecule has 0 bridgehead atoms. The minimum atomic E-state index is -0.805. The van der Waals surface area contributed by atoms with Gasteiger partial charge in [0.2, 0.25) is 0 Å². The van der Waals surface area contributed by atoms with Crippen LogP contribution in [0, 0.1) is 0 Å². The summed E-state index contributed by atoms with van der Waals surface area (Å²) in [4.78, 5) is 22.9. The maximum absolute atomic E-state index is 12.1. The SMILES string of the molecule is CCc1cc(=O)n2c(c1CCC(=O)O)NCCCC2. The molecular weight excluding hydrogens is 244 g/mol. The zero-order valence-corrected chi connectivity index (χ0v) is 11.2. The number of carboxylic acids is 1. The zero-order chi connectivity index (χ0) is 13.8. The minimum Gasteiger partial charge on any atom is -0.481 e. The summed E-state index contributed by atoms with van der Waals surface area (Å²) in [5, 5.41) is 12.2. The summed E-state index contributed by atoms with van der Waals surface area (Å²) in [7, 11) is 0. The van der Waals surface area contributed by atoms with Crippen molar-refractivity contribution in [2.24, 2.45) is 0 Å². The number of hydrogen-bond acceptors (Lipinski definition) is 3. The molecule has 1 aliphatic rings. The Bertz CT molecular complexity index is 534. The third-order valence-corrected chi connectivity index (χ3v) is 3.58. The Kier molecular flexibility index (Phi) is 4.24. The fourth-order valence-corrected chi connectivity index (χ4v) is 2.59. The van der Waals surface area contributed by atoms with Crippen LogP contribution < -0.4 is 10.9 Å². The first-order valence-electron chi connectivity index (χ1n) is 6.84. The Morgan fingerprint density at radius 3 is 2.95 bits per heavy atom. The summed E-state index contributed by atoms with van der Waals surface area (Å²) in [5.74, 6) is 0.0312. The number of fused-ring (bicyclic) bond motifs is 1. The van der Waals surface area contributed by atoms with E-state index in [0.29, 0.717) is 13.0 Å². The van der Waals surface area contributed by atoms with Gasteiger partial charge in [-0.25, -0.2) is 0 Å². The molecule has 0 aliphatic carbocycles. The van der Waals surface area contributed by atoms with Crippen LogP contribution in [0.2, 0.25) is 0 Å². The van der Waals surface area contributed by atoms with Gasteiger partial charge in [0, 0.05) is 25.6 Å². The second-order valence-corrected chi connectivity index (χ2v) is 4.87. The van der Waals surface area contributed by atoms with E-state index in [-0.39, 0.29) is 12.0 Å². The van der Waals surface area contributed by atoms with Crippen LogP contribution in [0.5, 0.6) is 0 Å². The first-order chi connectivity index (χ1) is 9.13. The van der Waals surface area contributed by atoms with Gasteiger partial charge < -0.3 is 10.4 Å². The van der Waals surface area contributed by atoms with E-state index in [1.807, 2.05) is 6.92 Å². The molecule has 0 spiro atoms. The Hall–Kier alpha value is -1.78. The summed E-state index contributed by atoms with van der Waals surface area (Å²) in [6, 6.07) is 1.66. The molecule has 0 unspecified atom stereocenters. The molecule has 1 aromatic heterocycles. The number of hydrogen-bond donors (Lipinski definition) is 2. The molecule has 0 saturated carbocycles. The lowest BCUT2D eigenvalue weighted by Gasteiger charge is -2.18. The van der Waals surface area contributed by atoms with Crippen molar-refractivity contribution in [1.82, 2.24) is 4.57 Å². The highest BCUT2D eigenvalue weighted by Gasteiger charge is 2.17. The monoisotopic (exact) mass is 264 g/mol. The predicted octanol–water partition coefficient (Wildman–Crippen LogP) is 1.63. The van der Waals surface area contributed by atoms with E-state index < -0.39 is 5.97 Å². The third-order valence-electron chi connectivity index (χ3n) is 3.58. The van der Waals surface area contributed by atoms with Gasteiger partial charge in [-0.1, -0.05) is 6.92 Å². The van der Waals surface area contributed by atoms with E-state index in [0.717, 1.165) is 42.8 Å². The Morgan fingerprint density at radius 1 is 1.47 bits per heavy atom. The van der Waals surface area contributed by atoms with Crippen LogP contribution in [0.15, 0.2) is 10.9 Å². The zero-order valence-electron chi connectivity index (χ0n) is 11.2. The van der Waals surface area contributed by atoms with E-state index in [9.17, 15) is 9.59 Å².